The molecule has 1 amide bonds. The van der Waals surface area contributed by atoms with E-state index >= 15 is 0 Å². The van der Waals surface area contributed by atoms with E-state index in [4.69, 9.17) is 0 Å². The highest BCUT2D eigenvalue weighted by atomic mass is 16.1. The van der Waals surface area contributed by atoms with Gasteiger partial charge >= 0.3 is 0 Å². The molecule has 0 spiro atoms. The van der Waals surface area contributed by atoms with Gasteiger partial charge in [-0.1, -0.05) is 60.2 Å². The van der Waals surface area contributed by atoms with Crippen LogP contribution in [-0.2, 0) is 11.2 Å². The third kappa shape index (κ3) is 5.21. The van der Waals surface area contributed by atoms with E-state index in [1.54, 1.807) is 6.08 Å². The normalized spacial score (nSPS) is 11.6. The summed E-state index contributed by atoms with van der Waals surface area (Å²) in [6.07, 6.45) is 4.24. The number of amides is 1. The summed E-state index contributed by atoms with van der Waals surface area (Å²) in [5.74, 6) is -0.0680. The molecule has 1 N–H and O–H groups in total. The number of benzene rings is 2. The molecule has 2 aromatic rings. The van der Waals surface area contributed by atoms with Crippen molar-refractivity contribution in [3.05, 3.63) is 77.4 Å². The Kier molecular flexibility index (Phi) is 5.16. The monoisotopic (exact) mass is 293 g/mol. The summed E-state index contributed by atoms with van der Waals surface area (Å²) in [7, 11) is 0. The topological polar surface area (TPSA) is 29.1 Å². The molecule has 0 saturated heterocycles. The Bertz CT molecular complexity index is 639. The van der Waals surface area contributed by atoms with Gasteiger partial charge in [-0.2, -0.15) is 0 Å². The van der Waals surface area contributed by atoms with Crippen molar-refractivity contribution >= 4 is 12.0 Å². The molecule has 0 fully saturated rings. The molecule has 0 aromatic heterocycles. The maximum Gasteiger partial charge on any atom is 0.244 e. The van der Waals surface area contributed by atoms with Gasteiger partial charge in [0.25, 0.3) is 0 Å². The standard InChI is InChI=1S/C20H23NO/c1-16-9-11-17(12-10-16)13-14-19(22)21-20(2,3)15-18-7-5-4-6-8-18/h4-14H,15H2,1-3H3,(H,21,22)/b14-13+. The minimum absolute atomic E-state index is 0.0680. The molecule has 2 rings (SSSR count). The van der Waals surface area contributed by atoms with Crippen molar-refractivity contribution in [3.63, 3.8) is 0 Å². The van der Waals surface area contributed by atoms with Crippen LogP contribution in [-0.4, -0.2) is 11.4 Å². The third-order valence-electron chi connectivity index (χ3n) is 3.45. The van der Waals surface area contributed by atoms with Gasteiger partial charge in [-0.15, -0.1) is 0 Å². The Morgan fingerprint density at radius 2 is 1.68 bits per heavy atom. The van der Waals surface area contributed by atoms with Gasteiger partial charge in [0.2, 0.25) is 5.91 Å². The second kappa shape index (κ2) is 7.08. The van der Waals surface area contributed by atoms with E-state index in [-0.39, 0.29) is 11.4 Å². The fourth-order valence-electron chi connectivity index (χ4n) is 2.38. The zero-order valence-corrected chi connectivity index (χ0v) is 13.5. The van der Waals surface area contributed by atoms with Gasteiger partial charge in [0.1, 0.15) is 0 Å². The minimum Gasteiger partial charge on any atom is -0.347 e. The number of aryl methyl sites for hydroxylation is 1. The Morgan fingerprint density at radius 3 is 2.32 bits per heavy atom. The number of carbonyl (C=O) groups is 1. The molecule has 0 radical (unpaired) electrons. The van der Waals surface area contributed by atoms with E-state index in [2.05, 4.69) is 17.4 Å². The lowest BCUT2D eigenvalue weighted by Gasteiger charge is -2.25. The number of hydrogen-bond donors (Lipinski definition) is 1. The minimum atomic E-state index is -0.282. The Hall–Kier alpha value is -2.35. The van der Waals surface area contributed by atoms with E-state index in [0.717, 1.165) is 12.0 Å². The Balaban J connectivity index is 1.94. The highest BCUT2D eigenvalue weighted by molar-refractivity contribution is 5.92. The summed E-state index contributed by atoms with van der Waals surface area (Å²) >= 11 is 0. The van der Waals surface area contributed by atoms with Crippen LogP contribution in [0.3, 0.4) is 0 Å². The highest BCUT2D eigenvalue weighted by Crippen LogP contribution is 2.12. The van der Waals surface area contributed by atoms with Crippen LogP contribution in [0.2, 0.25) is 0 Å². The van der Waals surface area contributed by atoms with Crippen LogP contribution in [0.4, 0.5) is 0 Å². The lowest BCUT2D eigenvalue weighted by molar-refractivity contribution is -0.117. The SMILES string of the molecule is Cc1ccc(/C=C/C(=O)NC(C)(C)Cc2ccccc2)cc1. The smallest absolute Gasteiger partial charge is 0.244 e. The van der Waals surface area contributed by atoms with Crippen molar-refractivity contribution in [3.8, 4) is 0 Å². The van der Waals surface area contributed by atoms with Gasteiger partial charge in [-0.3, -0.25) is 4.79 Å². The first kappa shape index (κ1) is 16.0. The van der Waals surface area contributed by atoms with E-state index in [0.29, 0.717) is 0 Å². The van der Waals surface area contributed by atoms with E-state index in [1.165, 1.54) is 11.1 Å². The fourth-order valence-corrected chi connectivity index (χ4v) is 2.38. The molecule has 22 heavy (non-hydrogen) atoms. The Labute approximate surface area is 132 Å². The van der Waals surface area contributed by atoms with Crippen molar-refractivity contribution in [2.45, 2.75) is 32.7 Å². The first-order valence-corrected chi connectivity index (χ1v) is 7.55. The molecule has 114 valence electrons. The van der Waals surface area contributed by atoms with Crippen LogP contribution >= 0.6 is 0 Å². The zero-order valence-electron chi connectivity index (χ0n) is 13.5. The molecule has 2 nitrogen and oxygen atoms in total. The third-order valence-corrected chi connectivity index (χ3v) is 3.45. The first-order chi connectivity index (χ1) is 10.4. The van der Waals surface area contributed by atoms with Crippen LogP contribution in [0.25, 0.3) is 6.08 Å². The number of hydrogen-bond acceptors (Lipinski definition) is 1. The lowest BCUT2D eigenvalue weighted by Crippen LogP contribution is -2.44. The summed E-state index contributed by atoms with van der Waals surface area (Å²) in [4.78, 5) is 12.1. The van der Waals surface area contributed by atoms with Gasteiger partial charge in [0.05, 0.1) is 0 Å². The van der Waals surface area contributed by atoms with Gasteiger partial charge in [-0.25, -0.2) is 0 Å². The van der Waals surface area contributed by atoms with Crippen LogP contribution < -0.4 is 5.32 Å². The predicted molar refractivity (Wildman–Crippen MR) is 92.6 cm³/mol. The summed E-state index contributed by atoms with van der Waals surface area (Å²) in [5, 5.41) is 3.06. The van der Waals surface area contributed by atoms with Crippen molar-refractivity contribution < 1.29 is 4.79 Å². The summed E-state index contributed by atoms with van der Waals surface area (Å²) in [6.45, 7) is 6.13. The molecular weight excluding hydrogens is 270 g/mol. The first-order valence-electron chi connectivity index (χ1n) is 7.55. The van der Waals surface area contributed by atoms with Crippen molar-refractivity contribution in [2.24, 2.45) is 0 Å². The summed E-state index contributed by atoms with van der Waals surface area (Å²) in [5.41, 5.74) is 3.18. The summed E-state index contributed by atoms with van der Waals surface area (Å²) in [6, 6.07) is 18.3. The van der Waals surface area contributed by atoms with Gasteiger partial charge in [0.15, 0.2) is 0 Å². The molecule has 0 saturated carbocycles. The largest absolute Gasteiger partial charge is 0.347 e. The molecule has 0 heterocycles. The van der Waals surface area contributed by atoms with Gasteiger partial charge < -0.3 is 5.32 Å². The Morgan fingerprint density at radius 1 is 1.05 bits per heavy atom. The van der Waals surface area contributed by atoms with Gasteiger partial charge in [0, 0.05) is 11.6 Å². The van der Waals surface area contributed by atoms with E-state index < -0.39 is 0 Å². The van der Waals surface area contributed by atoms with E-state index in [9.17, 15) is 4.79 Å². The maximum absolute atomic E-state index is 12.1. The molecule has 0 aliphatic rings. The van der Waals surface area contributed by atoms with Gasteiger partial charge in [-0.05, 0) is 44.4 Å². The lowest BCUT2D eigenvalue weighted by atomic mass is 9.95. The van der Waals surface area contributed by atoms with Crippen LogP contribution in [0.15, 0.2) is 60.7 Å². The quantitative estimate of drug-likeness (QED) is 0.825. The molecular formula is C20H23NO. The van der Waals surface area contributed by atoms with Crippen LogP contribution in [0, 0.1) is 6.92 Å². The zero-order chi connectivity index (χ0) is 16.0. The molecule has 0 bridgehead atoms. The molecule has 0 aliphatic carbocycles. The van der Waals surface area contributed by atoms with Crippen molar-refractivity contribution in [1.82, 2.24) is 5.32 Å². The molecule has 0 atom stereocenters. The van der Waals surface area contributed by atoms with Crippen LogP contribution in [0.5, 0.6) is 0 Å². The highest BCUT2D eigenvalue weighted by Gasteiger charge is 2.19. The van der Waals surface area contributed by atoms with Crippen molar-refractivity contribution in [2.75, 3.05) is 0 Å². The molecule has 0 unspecified atom stereocenters. The summed E-state index contributed by atoms with van der Waals surface area (Å²) < 4.78 is 0. The second-order valence-electron chi connectivity index (χ2n) is 6.28. The number of carbonyl (C=O) groups excluding carboxylic acids is 1. The van der Waals surface area contributed by atoms with Crippen LogP contribution in [0.1, 0.15) is 30.5 Å². The number of rotatable bonds is 5. The molecule has 2 aromatic carbocycles. The fraction of sp³-hybridized carbons (Fsp3) is 0.250. The van der Waals surface area contributed by atoms with E-state index in [1.807, 2.05) is 69.3 Å². The average Bonchev–Trinajstić information content (AvgIpc) is 2.46. The number of nitrogens with one attached hydrogen (secondary N) is 1. The average molecular weight is 293 g/mol. The van der Waals surface area contributed by atoms with Crippen molar-refractivity contribution in [1.29, 1.82) is 0 Å². The molecule has 0 aliphatic heterocycles. The maximum atomic E-state index is 12.1. The predicted octanol–water partition coefficient (Wildman–Crippen LogP) is 4.15. The molecule has 2 heteroatoms. The second-order valence-corrected chi connectivity index (χ2v) is 6.28.